The molecule has 0 spiro atoms. The molecule has 0 aromatic heterocycles. The van der Waals surface area contributed by atoms with Gasteiger partial charge in [0.15, 0.2) is 5.45 Å². The summed E-state index contributed by atoms with van der Waals surface area (Å²) in [6, 6.07) is 0. The van der Waals surface area contributed by atoms with E-state index in [1.165, 1.54) is 0 Å². The van der Waals surface area contributed by atoms with Crippen LogP contribution in [0.2, 0.25) is 0 Å². The topological polar surface area (TPSA) is 67.8 Å². The molecule has 89 valence electrons. The zero-order chi connectivity index (χ0) is 12.1. The zero-order valence-electron chi connectivity index (χ0n) is 9.94. The third-order valence-electron chi connectivity index (χ3n) is 1.61. The summed E-state index contributed by atoms with van der Waals surface area (Å²) in [7, 11) is -3.51. The average molecular weight is 236 g/mol. The summed E-state index contributed by atoms with van der Waals surface area (Å²) < 4.78 is 22.3. The van der Waals surface area contributed by atoms with E-state index < -0.39 is 13.0 Å². The van der Waals surface area contributed by atoms with Gasteiger partial charge in [0.25, 0.3) is 0 Å². The van der Waals surface area contributed by atoms with Crippen molar-refractivity contribution < 1.29 is 18.8 Å². The van der Waals surface area contributed by atoms with E-state index in [9.17, 15) is 9.77 Å². The van der Waals surface area contributed by atoms with Crippen molar-refractivity contribution in [2.75, 3.05) is 13.2 Å². The predicted octanol–water partition coefficient (Wildman–Crippen LogP) is 3.04. The van der Waals surface area contributed by atoms with Crippen LogP contribution in [0.15, 0.2) is 5.16 Å². The van der Waals surface area contributed by atoms with Gasteiger partial charge in [-0.25, -0.2) is 0 Å². The minimum absolute atomic E-state index is 0.0568. The van der Waals surface area contributed by atoms with Crippen molar-refractivity contribution >= 4 is 13.0 Å². The Kier molecular flexibility index (Phi) is 5.49. The number of hydrogen-bond donors (Lipinski definition) is 0. The van der Waals surface area contributed by atoms with E-state index in [-0.39, 0.29) is 18.7 Å². The summed E-state index contributed by atoms with van der Waals surface area (Å²) in [6.07, 6.45) is 0. The molecular formula is C9H19NO4P. The minimum atomic E-state index is -3.51. The summed E-state index contributed by atoms with van der Waals surface area (Å²) in [5.74, 6) is 0. The predicted molar refractivity (Wildman–Crippen MR) is 58.4 cm³/mol. The highest BCUT2D eigenvalue weighted by Gasteiger charge is 2.40. The van der Waals surface area contributed by atoms with E-state index in [1.54, 1.807) is 34.6 Å². The van der Waals surface area contributed by atoms with E-state index in [4.69, 9.17) is 9.05 Å². The fourth-order valence-electron chi connectivity index (χ4n) is 1.10. The van der Waals surface area contributed by atoms with Crippen molar-refractivity contribution in [3.05, 3.63) is 0 Å². The molecule has 0 saturated heterocycles. The van der Waals surface area contributed by atoms with Crippen molar-refractivity contribution in [3.63, 3.8) is 0 Å². The summed E-state index contributed by atoms with van der Waals surface area (Å²) >= 11 is 0. The Morgan fingerprint density at radius 2 is 1.60 bits per heavy atom. The van der Waals surface area contributed by atoms with Crippen LogP contribution in [-0.2, 0) is 18.8 Å². The lowest BCUT2D eigenvalue weighted by Gasteiger charge is -2.25. The molecule has 1 radical (unpaired) electrons. The molecule has 0 heterocycles. The van der Waals surface area contributed by atoms with Crippen LogP contribution in [0.25, 0.3) is 0 Å². The molecule has 0 aliphatic carbocycles. The van der Waals surface area contributed by atoms with E-state index in [0.29, 0.717) is 0 Å². The average Bonchev–Trinajstić information content (AvgIpc) is 2.02. The molecule has 0 rings (SSSR count). The molecule has 0 atom stereocenters. The van der Waals surface area contributed by atoms with E-state index in [1.807, 2.05) is 0 Å². The monoisotopic (exact) mass is 236 g/mol. The standard InChI is InChI=1S/C9H19NO4P/c1-6-13-15(12,14-7-2)8(10-11)9(3,4)5/h6-7H2,1-5H3/b10-8-. The molecule has 0 unspecified atom stereocenters. The molecule has 0 aromatic carbocycles. The molecule has 0 aromatic rings. The van der Waals surface area contributed by atoms with Gasteiger partial charge in [0.05, 0.1) is 13.2 Å². The van der Waals surface area contributed by atoms with Gasteiger partial charge in [0.2, 0.25) is 0 Å². The maximum Gasteiger partial charge on any atom is 0.379 e. The highest BCUT2D eigenvalue weighted by molar-refractivity contribution is 7.72. The number of rotatable bonds is 5. The van der Waals surface area contributed by atoms with Crippen LogP contribution in [0.1, 0.15) is 34.6 Å². The Labute approximate surface area is 91.0 Å². The Morgan fingerprint density at radius 1 is 1.20 bits per heavy atom. The van der Waals surface area contributed by atoms with Crippen LogP contribution in [0.3, 0.4) is 0 Å². The Morgan fingerprint density at radius 3 is 1.80 bits per heavy atom. The van der Waals surface area contributed by atoms with Gasteiger partial charge >= 0.3 is 7.60 Å². The molecule has 0 saturated carbocycles. The third-order valence-corrected chi connectivity index (χ3v) is 4.08. The first-order valence-electron chi connectivity index (χ1n) is 4.92. The van der Waals surface area contributed by atoms with Gasteiger partial charge < -0.3 is 9.05 Å². The van der Waals surface area contributed by atoms with Gasteiger partial charge in [-0.2, -0.15) is 0 Å². The lowest BCUT2D eigenvalue weighted by atomic mass is 9.99. The lowest BCUT2D eigenvalue weighted by molar-refractivity contribution is 0.198. The zero-order valence-corrected chi connectivity index (χ0v) is 10.8. The summed E-state index contributed by atoms with van der Waals surface area (Å²) in [6.45, 7) is 9.05. The van der Waals surface area contributed by atoms with Gasteiger partial charge in [-0.15, -0.1) is 5.21 Å². The van der Waals surface area contributed by atoms with Crippen molar-refractivity contribution in [2.24, 2.45) is 10.6 Å². The molecule has 6 heteroatoms. The minimum Gasteiger partial charge on any atom is -0.305 e. The largest absolute Gasteiger partial charge is 0.379 e. The molecule has 0 aliphatic heterocycles. The van der Waals surface area contributed by atoms with Gasteiger partial charge in [-0.1, -0.05) is 20.8 Å². The van der Waals surface area contributed by atoms with Gasteiger partial charge in [0, 0.05) is 5.41 Å². The van der Waals surface area contributed by atoms with Crippen LogP contribution in [-0.4, -0.2) is 18.7 Å². The second kappa shape index (κ2) is 5.64. The summed E-state index contributed by atoms with van der Waals surface area (Å²) in [4.78, 5) is 0. The molecule has 0 N–H and O–H groups in total. The fourth-order valence-corrected chi connectivity index (χ4v) is 3.02. The van der Waals surface area contributed by atoms with Gasteiger partial charge in [-0.3, -0.25) is 4.57 Å². The number of nitrogens with zero attached hydrogens (tertiary/aromatic N) is 1. The van der Waals surface area contributed by atoms with Crippen LogP contribution < -0.4 is 0 Å². The quantitative estimate of drug-likeness (QED) is 0.418. The molecule has 0 amide bonds. The summed E-state index contributed by atoms with van der Waals surface area (Å²) in [5, 5.41) is 13.6. The first-order valence-corrected chi connectivity index (χ1v) is 6.46. The van der Waals surface area contributed by atoms with Gasteiger partial charge in [0.1, 0.15) is 0 Å². The molecule has 5 nitrogen and oxygen atoms in total. The van der Waals surface area contributed by atoms with Crippen LogP contribution in [0, 0.1) is 5.41 Å². The van der Waals surface area contributed by atoms with Crippen LogP contribution in [0.5, 0.6) is 0 Å². The molecular weight excluding hydrogens is 217 g/mol. The Balaban J connectivity index is 5.14. The maximum absolute atomic E-state index is 12.2. The summed E-state index contributed by atoms with van der Waals surface area (Å²) in [5.41, 5.74) is -0.680. The molecule has 0 bridgehead atoms. The third kappa shape index (κ3) is 3.93. The first-order chi connectivity index (χ1) is 6.81. The Hall–Kier alpha value is -0.380. The van der Waals surface area contributed by atoms with Gasteiger partial charge in [-0.05, 0) is 19.0 Å². The second-order valence-electron chi connectivity index (χ2n) is 4.00. The Bertz CT molecular complexity index is 260. The highest BCUT2D eigenvalue weighted by atomic mass is 31.2. The first kappa shape index (κ1) is 14.6. The molecule has 0 fully saturated rings. The second-order valence-corrected chi connectivity index (χ2v) is 5.93. The SMILES string of the molecule is CCOP(=O)(OCC)/C(=N\[O])C(C)(C)C. The molecule has 15 heavy (non-hydrogen) atoms. The molecule has 0 aliphatic rings. The van der Waals surface area contributed by atoms with E-state index in [2.05, 4.69) is 5.16 Å². The van der Waals surface area contributed by atoms with Crippen molar-refractivity contribution in [3.8, 4) is 0 Å². The van der Waals surface area contributed by atoms with Crippen LogP contribution >= 0.6 is 7.60 Å². The van der Waals surface area contributed by atoms with Crippen molar-refractivity contribution in [1.29, 1.82) is 0 Å². The maximum atomic E-state index is 12.2. The van der Waals surface area contributed by atoms with Crippen LogP contribution in [0.4, 0.5) is 0 Å². The highest BCUT2D eigenvalue weighted by Crippen LogP contribution is 2.54. The number of hydrogen-bond acceptors (Lipinski definition) is 4. The van der Waals surface area contributed by atoms with E-state index in [0.717, 1.165) is 0 Å². The smallest absolute Gasteiger partial charge is 0.305 e. The normalized spacial score (nSPS) is 14.3. The lowest BCUT2D eigenvalue weighted by Crippen LogP contribution is -2.22. The van der Waals surface area contributed by atoms with Crippen molar-refractivity contribution in [2.45, 2.75) is 34.6 Å². The van der Waals surface area contributed by atoms with Crippen molar-refractivity contribution in [1.82, 2.24) is 0 Å². The fraction of sp³-hybridized carbons (Fsp3) is 0.889. The van der Waals surface area contributed by atoms with E-state index >= 15 is 0 Å².